The summed E-state index contributed by atoms with van der Waals surface area (Å²) in [6, 6.07) is 18.3. The molecule has 160 valence electrons. The van der Waals surface area contributed by atoms with Gasteiger partial charge in [-0.2, -0.15) is 0 Å². The van der Waals surface area contributed by atoms with Gasteiger partial charge >= 0.3 is 6.03 Å². The van der Waals surface area contributed by atoms with Gasteiger partial charge in [-0.15, -0.1) is 0 Å². The van der Waals surface area contributed by atoms with Crippen molar-refractivity contribution in [2.75, 3.05) is 13.1 Å². The molecule has 2 heterocycles. The number of fused-ring (bicyclic) bond motifs is 1. The number of aromatic nitrogens is 1. The zero-order valence-corrected chi connectivity index (χ0v) is 17.5. The zero-order chi connectivity index (χ0) is 21.2. The summed E-state index contributed by atoms with van der Waals surface area (Å²) in [5.41, 5.74) is 3.39. The lowest BCUT2D eigenvalue weighted by Gasteiger charge is -2.26. The summed E-state index contributed by atoms with van der Waals surface area (Å²) in [5.74, 6) is 0.00836. The Morgan fingerprint density at radius 1 is 1.03 bits per heavy atom. The number of hydrogen-bond acceptors (Lipinski definition) is 2. The fraction of sp³-hybridized carbons (Fsp3) is 0.360. The lowest BCUT2D eigenvalue weighted by molar-refractivity contribution is -0.124. The van der Waals surface area contributed by atoms with Crippen molar-refractivity contribution in [2.24, 2.45) is 0 Å². The third kappa shape index (κ3) is 4.15. The van der Waals surface area contributed by atoms with E-state index in [0.29, 0.717) is 19.1 Å². The molecule has 1 saturated carbocycles. The molecule has 2 aromatic carbocycles. The van der Waals surface area contributed by atoms with Crippen molar-refractivity contribution in [3.05, 3.63) is 71.9 Å². The summed E-state index contributed by atoms with van der Waals surface area (Å²) in [4.78, 5) is 30.7. The van der Waals surface area contributed by atoms with Gasteiger partial charge in [-0.3, -0.25) is 4.79 Å². The van der Waals surface area contributed by atoms with Crippen LogP contribution in [-0.4, -0.2) is 47.0 Å². The monoisotopic (exact) mass is 416 g/mol. The molecule has 0 spiro atoms. The standard InChI is InChI=1S/C25H28N4O2/c30-24(28-18-12-13-18)23-11-6-14-29(23)25(31)27-15-20(17-7-2-1-3-8-17)21-16-26-22-10-5-4-9-19(21)22/h1-5,7-10,16,18,20,23,26H,6,11-15H2,(H,27,31)(H,28,30). The average molecular weight is 417 g/mol. The van der Waals surface area contributed by atoms with E-state index in [-0.39, 0.29) is 23.9 Å². The Morgan fingerprint density at radius 2 is 1.81 bits per heavy atom. The van der Waals surface area contributed by atoms with Crippen LogP contribution >= 0.6 is 0 Å². The van der Waals surface area contributed by atoms with Gasteiger partial charge in [0, 0.05) is 42.1 Å². The third-order valence-electron chi connectivity index (χ3n) is 6.40. The summed E-state index contributed by atoms with van der Waals surface area (Å²) in [6.07, 6.45) is 5.73. The maximum Gasteiger partial charge on any atom is 0.318 e. The molecule has 3 N–H and O–H groups in total. The minimum Gasteiger partial charge on any atom is -0.361 e. The maximum atomic E-state index is 13.1. The van der Waals surface area contributed by atoms with E-state index in [4.69, 9.17) is 0 Å². The smallest absolute Gasteiger partial charge is 0.318 e. The Hall–Kier alpha value is -3.28. The topological polar surface area (TPSA) is 77.2 Å². The fourth-order valence-corrected chi connectivity index (χ4v) is 4.57. The van der Waals surface area contributed by atoms with Crippen LogP contribution in [0.25, 0.3) is 10.9 Å². The molecule has 3 aromatic rings. The van der Waals surface area contributed by atoms with E-state index < -0.39 is 0 Å². The second-order valence-corrected chi connectivity index (χ2v) is 8.57. The van der Waals surface area contributed by atoms with E-state index in [0.717, 1.165) is 47.7 Å². The van der Waals surface area contributed by atoms with Gasteiger partial charge in [-0.05, 0) is 42.9 Å². The predicted molar refractivity (Wildman–Crippen MR) is 121 cm³/mol. The van der Waals surface area contributed by atoms with Crippen molar-refractivity contribution in [3.63, 3.8) is 0 Å². The van der Waals surface area contributed by atoms with Crippen LogP contribution < -0.4 is 10.6 Å². The Kier molecular flexibility index (Phi) is 5.37. The van der Waals surface area contributed by atoms with Crippen LogP contribution in [0.4, 0.5) is 4.79 Å². The molecule has 0 bridgehead atoms. The van der Waals surface area contributed by atoms with Crippen molar-refractivity contribution >= 4 is 22.8 Å². The molecule has 1 aliphatic carbocycles. The Bertz CT molecular complexity index is 1070. The second-order valence-electron chi connectivity index (χ2n) is 8.57. The Morgan fingerprint density at radius 3 is 2.61 bits per heavy atom. The molecule has 1 saturated heterocycles. The molecular weight excluding hydrogens is 388 g/mol. The minimum atomic E-state index is -0.358. The van der Waals surface area contributed by atoms with Crippen molar-refractivity contribution in [1.29, 1.82) is 0 Å². The molecular formula is C25H28N4O2. The van der Waals surface area contributed by atoms with Gasteiger partial charge in [-0.25, -0.2) is 4.79 Å². The Balaban J connectivity index is 1.34. The van der Waals surface area contributed by atoms with Gasteiger partial charge < -0.3 is 20.5 Å². The van der Waals surface area contributed by atoms with Crippen LogP contribution in [0, 0.1) is 0 Å². The highest BCUT2D eigenvalue weighted by Gasteiger charge is 2.36. The van der Waals surface area contributed by atoms with Gasteiger partial charge in [0.25, 0.3) is 0 Å². The molecule has 0 radical (unpaired) electrons. The molecule has 2 atom stereocenters. The number of likely N-dealkylation sites (tertiary alicyclic amines) is 1. The van der Waals surface area contributed by atoms with Crippen LogP contribution in [-0.2, 0) is 4.79 Å². The van der Waals surface area contributed by atoms with Gasteiger partial charge in [0.15, 0.2) is 0 Å². The number of rotatable bonds is 6. The van der Waals surface area contributed by atoms with Crippen molar-refractivity contribution < 1.29 is 9.59 Å². The van der Waals surface area contributed by atoms with Gasteiger partial charge in [0.05, 0.1) is 0 Å². The molecule has 31 heavy (non-hydrogen) atoms. The van der Waals surface area contributed by atoms with E-state index in [1.807, 2.05) is 36.5 Å². The highest BCUT2D eigenvalue weighted by molar-refractivity contribution is 5.88. The number of H-pyrrole nitrogens is 1. The summed E-state index contributed by atoms with van der Waals surface area (Å²) < 4.78 is 0. The largest absolute Gasteiger partial charge is 0.361 e. The highest BCUT2D eigenvalue weighted by Crippen LogP contribution is 2.30. The number of hydrogen-bond donors (Lipinski definition) is 3. The van der Waals surface area contributed by atoms with E-state index >= 15 is 0 Å². The van der Waals surface area contributed by atoms with Gasteiger partial charge in [0.2, 0.25) is 5.91 Å². The van der Waals surface area contributed by atoms with Gasteiger partial charge in [0.1, 0.15) is 6.04 Å². The molecule has 6 nitrogen and oxygen atoms in total. The van der Waals surface area contributed by atoms with Crippen LogP contribution in [0.3, 0.4) is 0 Å². The summed E-state index contributed by atoms with van der Waals surface area (Å²) in [5, 5.41) is 7.33. The molecule has 2 aliphatic rings. The van der Waals surface area contributed by atoms with Crippen molar-refractivity contribution in [3.8, 4) is 0 Å². The molecule has 1 aliphatic heterocycles. The number of aromatic amines is 1. The first-order chi connectivity index (χ1) is 15.2. The average Bonchev–Trinajstić information content (AvgIpc) is 3.31. The summed E-state index contributed by atoms with van der Waals surface area (Å²) >= 11 is 0. The van der Waals surface area contributed by atoms with Crippen LogP contribution in [0.5, 0.6) is 0 Å². The third-order valence-corrected chi connectivity index (χ3v) is 6.40. The minimum absolute atomic E-state index is 0.00797. The number of para-hydroxylation sites is 1. The van der Waals surface area contributed by atoms with Crippen LogP contribution in [0.2, 0.25) is 0 Å². The lowest BCUT2D eigenvalue weighted by atomic mass is 9.91. The molecule has 5 rings (SSSR count). The molecule has 2 fully saturated rings. The summed E-state index contributed by atoms with van der Waals surface area (Å²) in [6.45, 7) is 1.09. The zero-order valence-electron chi connectivity index (χ0n) is 17.5. The fourth-order valence-electron chi connectivity index (χ4n) is 4.57. The number of benzene rings is 2. The SMILES string of the molecule is O=C(NC1CC1)C1CCCN1C(=O)NCC(c1ccccc1)c1c[nH]c2ccccc12. The van der Waals surface area contributed by atoms with Gasteiger partial charge in [-0.1, -0.05) is 48.5 Å². The van der Waals surface area contributed by atoms with E-state index in [9.17, 15) is 9.59 Å². The number of carbonyl (C=O) groups is 2. The number of nitrogens with one attached hydrogen (secondary N) is 3. The van der Waals surface area contributed by atoms with E-state index in [1.165, 1.54) is 0 Å². The first-order valence-electron chi connectivity index (χ1n) is 11.2. The quantitative estimate of drug-likeness (QED) is 0.572. The normalized spacial score (nSPS) is 19.4. The van der Waals surface area contributed by atoms with Crippen molar-refractivity contribution in [2.45, 2.75) is 43.7 Å². The lowest BCUT2D eigenvalue weighted by Crippen LogP contribution is -2.50. The highest BCUT2D eigenvalue weighted by atomic mass is 16.2. The Labute approximate surface area is 182 Å². The van der Waals surface area contributed by atoms with Crippen LogP contribution in [0.15, 0.2) is 60.8 Å². The second kappa shape index (κ2) is 8.46. The van der Waals surface area contributed by atoms with Crippen molar-refractivity contribution in [1.82, 2.24) is 20.5 Å². The molecule has 1 aromatic heterocycles. The molecule has 6 heteroatoms. The molecule has 3 amide bonds. The summed E-state index contributed by atoms with van der Waals surface area (Å²) in [7, 11) is 0. The number of carbonyl (C=O) groups excluding carboxylic acids is 2. The predicted octanol–water partition coefficient (Wildman–Crippen LogP) is 3.75. The van der Waals surface area contributed by atoms with E-state index in [2.05, 4.69) is 39.9 Å². The maximum absolute atomic E-state index is 13.1. The van der Waals surface area contributed by atoms with E-state index in [1.54, 1.807) is 4.90 Å². The number of amides is 3. The van der Waals surface area contributed by atoms with Crippen LogP contribution in [0.1, 0.15) is 42.7 Å². The number of urea groups is 1. The molecule has 2 unspecified atom stereocenters. The first kappa shape index (κ1) is 19.7. The number of nitrogens with zero attached hydrogens (tertiary/aromatic N) is 1. The first-order valence-corrected chi connectivity index (χ1v) is 11.2.